The number of aliphatic hydroxyl groups is 1. The molecule has 0 spiro atoms. The van der Waals surface area contributed by atoms with Crippen molar-refractivity contribution in [2.75, 3.05) is 6.54 Å². The summed E-state index contributed by atoms with van der Waals surface area (Å²) < 4.78 is 0. The average Bonchev–Trinajstić information content (AvgIpc) is 2.36. The Labute approximate surface area is 111 Å². The lowest BCUT2D eigenvalue weighted by atomic mass is 9.83. The van der Waals surface area contributed by atoms with Crippen LogP contribution in [-0.4, -0.2) is 23.7 Å². The summed E-state index contributed by atoms with van der Waals surface area (Å²) in [6.07, 6.45) is 7.14. The van der Waals surface area contributed by atoms with Crippen molar-refractivity contribution in [1.82, 2.24) is 5.32 Å². The number of nitrogens with one attached hydrogen (secondary N) is 1. The summed E-state index contributed by atoms with van der Waals surface area (Å²) >= 11 is 0. The topological polar surface area (TPSA) is 49.3 Å². The maximum absolute atomic E-state index is 11.9. The molecule has 2 N–H and O–H groups in total. The van der Waals surface area contributed by atoms with Crippen LogP contribution in [0.25, 0.3) is 0 Å². The molecule has 1 fully saturated rings. The zero-order valence-corrected chi connectivity index (χ0v) is 12.1. The molecule has 0 heterocycles. The SMILES string of the molecule is CC(CC1CCCCC1)C(=O)NCC(O)C(C)C. The summed E-state index contributed by atoms with van der Waals surface area (Å²) in [5.41, 5.74) is 0. The van der Waals surface area contributed by atoms with Crippen LogP contribution in [-0.2, 0) is 4.79 Å². The van der Waals surface area contributed by atoms with E-state index in [0.29, 0.717) is 6.54 Å². The Morgan fingerprint density at radius 1 is 1.22 bits per heavy atom. The van der Waals surface area contributed by atoms with Crippen molar-refractivity contribution in [1.29, 1.82) is 0 Å². The molecule has 3 nitrogen and oxygen atoms in total. The van der Waals surface area contributed by atoms with E-state index in [1.54, 1.807) is 0 Å². The summed E-state index contributed by atoms with van der Waals surface area (Å²) in [6.45, 7) is 6.31. The minimum atomic E-state index is -0.434. The van der Waals surface area contributed by atoms with E-state index < -0.39 is 6.10 Å². The molecule has 0 aromatic rings. The molecular formula is C15H29NO2. The molecule has 1 amide bonds. The normalized spacial score (nSPS) is 20.7. The summed E-state index contributed by atoms with van der Waals surface area (Å²) in [4.78, 5) is 11.9. The predicted molar refractivity (Wildman–Crippen MR) is 74.2 cm³/mol. The van der Waals surface area contributed by atoms with E-state index in [1.165, 1.54) is 32.1 Å². The second-order valence-electron chi connectivity index (χ2n) is 6.20. The third-order valence-electron chi connectivity index (χ3n) is 4.11. The van der Waals surface area contributed by atoms with Crippen molar-refractivity contribution in [2.24, 2.45) is 17.8 Å². The molecule has 106 valence electrons. The molecule has 18 heavy (non-hydrogen) atoms. The number of aliphatic hydroxyl groups excluding tert-OH is 1. The standard InChI is InChI=1S/C15H29NO2/c1-11(2)14(17)10-16-15(18)12(3)9-13-7-5-4-6-8-13/h11-14,17H,4-10H2,1-3H3,(H,16,18). The van der Waals surface area contributed by atoms with Crippen LogP contribution in [0.2, 0.25) is 0 Å². The minimum Gasteiger partial charge on any atom is -0.391 e. The van der Waals surface area contributed by atoms with E-state index in [1.807, 2.05) is 20.8 Å². The lowest BCUT2D eigenvalue weighted by molar-refractivity contribution is -0.125. The van der Waals surface area contributed by atoms with Crippen LogP contribution >= 0.6 is 0 Å². The molecule has 0 saturated heterocycles. The van der Waals surface area contributed by atoms with Crippen molar-refractivity contribution in [3.8, 4) is 0 Å². The molecular weight excluding hydrogens is 226 g/mol. The van der Waals surface area contributed by atoms with Crippen LogP contribution < -0.4 is 5.32 Å². The van der Waals surface area contributed by atoms with E-state index in [9.17, 15) is 9.90 Å². The predicted octanol–water partition coefficient (Wildman–Crippen LogP) is 2.73. The highest BCUT2D eigenvalue weighted by atomic mass is 16.3. The van der Waals surface area contributed by atoms with Crippen molar-refractivity contribution >= 4 is 5.91 Å². The average molecular weight is 255 g/mol. The van der Waals surface area contributed by atoms with Gasteiger partial charge in [0.05, 0.1) is 6.10 Å². The van der Waals surface area contributed by atoms with E-state index >= 15 is 0 Å². The largest absolute Gasteiger partial charge is 0.391 e. The molecule has 1 aliphatic carbocycles. The van der Waals surface area contributed by atoms with Gasteiger partial charge in [-0.1, -0.05) is 52.9 Å². The van der Waals surface area contributed by atoms with Gasteiger partial charge in [0.15, 0.2) is 0 Å². The first kappa shape index (κ1) is 15.5. The molecule has 0 bridgehead atoms. The zero-order valence-electron chi connectivity index (χ0n) is 12.1. The first-order chi connectivity index (χ1) is 8.50. The molecule has 3 heteroatoms. The van der Waals surface area contributed by atoms with E-state index in [2.05, 4.69) is 5.32 Å². The van der Waals surface area contributed by atoms with Crippen molar-refractivity contribution in [3.05, 3.63) is 0 Å². The molecule has 1 rings (SSSR count). The Morgan fingerprint density at radius 2 is 1.83 bits per heavy atom. The second kappa shape index (κ2) is 7.78. The van der Waals surface area contributed by atoms with Crippen LogP contribution in [0, 0.1) is 17.8 Å². The molecule has 2 unspecified atom stereocenters. The summed E-state index contributed by atoms with van der Waals surface area (Å²) in [6, 6.07) is 0. The Bertz CT molecular complexity index is 247. The molecule has 1 saturated carbocycles. The zero-order chi connectivity index (χ0) is 13.5. The van der Waals surface area contributed by atoms with Crippen LogP contribution in [0.1, 0.15) is 59.3 Å². The second-order valence-corrected chi connectivity index (χ2v) is 6.20. The van der Waals surface area contributed by atoms with Crippen molar-refractivity contribution in [2.45, 2.75) is 65.4 Å². The summed E-state index contributed by atoms with van der Waals surface area (Å²) in [7, 11) is 0. The number of hydrogen-bond donors (Lipinski definition) is 2. The van der Waals surface area contributed by atoms with Gasteiger partial charge in [-0.2, -0.15) is 0 Å². The first-order valence-corrected chi connectivity index (χ1v) is 7.46. The van der Waals surface area contributed by atoms with Crippen LogP contribution in [0.3, 0.4) is 0 Å². The lowest BCUT2D eigenvalue weighted by Gasteiger charge is -2.24. The third-order valence-corrected chi connectivity index (χ3v) is 4.11. The highest BCUT2D eigenvalue weighted by molar-refractivity contribution is 5.78. The van der Waals surface area contributed by atoms with Gasteiger partial charge in [0, 0.05) is 12.5 Å². The molecule has 0 aromatic carbocycles. The Morgan fingerprint density at radius 3 is 2.39 bits per heavy atom. The fraction of sp³-hybridized carbons (Fsp3) is 0.933. The number of rotatable bonds is 6. The van der Waals surface area contributed by atoms with Gasteiger partial charge in [-0.25, -0.2) is 0 Å². The van der Waals surface area contributed by atoms with Gasteiger partial charge in [0.1, 0.15) is 0 Å². The van der Waals surface area contributed by atoms with E-state index in [4.69, 9.17) is 0 Å². The van der Waals surface area contributed by atoms with Gasteiger partial charge >= 0.3 is 0 Å². The van der Waals surface area contributed by atoms with Gasteiger partial charge < -0.3 is 10.4 Å². The molecule has 0 aromatic heterocycles. The van der Waals surface area contributed by atoms with Gasteiger partial charge in [-0.3, -0.25) is 4.79 Å². The van der Waals surface area contributed by atoms with Crippen molar-refractivity contribution < 1.29 is 9.90 Å². The quantitative estimate of drug-likeness (QED) is 0.766. The Kier molecular flexibility index (Phi) is 6.69. The Balaban J connectivity index is 2.23. The van der Waals surface area contributed by atoms with Crippen LogP contribution in [0.15, 0.2) is 0 Å². The van der Waals surface area contributed by atoms with Crippen LogP contribution in [0.5, 0.6) is 0 Å². The summed E-state index contributed by atoms with van der Waals surface area (Å²) in [5.74, 6) is 1.10. The Hall–Kier alpha value is -0.570. The van der Waals surface area contributed by atoms with Gasteiger partial charge in [-0.05, 0) is 18.3 Å². The highest BCUT2D eigenvalue weighted by Crippen LogP contribution is 2.28. The number of amides is 1. The molecule has 2 atom stereocenters. The monoisotopic (exact) mass is 255 g/mol. The number of carbonyl (C=O) groups is 1. The minimum absolute atomic E-state index is 0.0764. The van der Waals surface area contributed by atoms with Crippen molar-refractivity contribution in [3.63, 3.8) is 0 Å². The highest BCUT2D eigenvalue weighted by Gasteiger charge is 2.21. The van der Waals surface area contributed by atoms with E-state index in [-0.39, 0.29) is 17.7 Å². The molecule has 0 aliphatic heterocycles. The maximum Gasteiger partial charge on any atom is 0.222 e. The first-order valence-electron chi connectivity index (χ1n) is 7.46. The van der Waals surface area contributed by atoms with E-state index in [0.717, 1.165) is 12.3 Å². The molecule has 1 aliphatic rings. The van der Waals surface area contributed by atoms with Gasteiger partial charge in [-0.15, -0.1) is 0 Å². The van der Waals surface area contributed by atoms with Gasteiger partial charge in [0.25, 0.3) is 0 Å². The fourth-order valence-electron chi connectivity index (χ4n) is 2.64. The number of carbonyl (C=O) groups excluding carboxylic acids is 1. The number of hydrogen-bond acceptors (Lipinski definition) is 2. The molecule has 0 radical (unpaired) electrons. The fourth-order valence-corrected chi connectivity index (χ4v) is 2.64. The van der Waals surface area contributed by atoms with Crippen LogP contribution in [0.4, 0.5) is 0 Å². The summed E-state index contributed by atoms with van der Waals surface area (Å²) in [5, 5.41) is 12.5. The lowest BCUT2D eigenvalue weighted by Crippen LogP contribution is -2.38. The smallest absolute Gasteiger partial charge is 0.222 e. The third kappa shape index (κ3) is 5.38. The maximum atomic E-state index is 11.9. The van der Waals surface area contributed by atoms with Gasteiger partial charge in [0.2, 0.25) is 5.91 Å².